The molecule has 2 aromatic rings. The van der Waals surface area contributed by atoms with Crippen LogP contribution in [0.4, 0.5) is 17.6 Å². The topological polar surface area (TPSA) is 56.2 Å². The normalized spacial score (nSPS) is 21.3. The van der Waals surface area contributed by atoms with Crippen LogP contribution in [0, 0.1) is 5.95 Å². The minimum atomic E-state index is -4.69. The molecule has 1 aliphatic rings. The van der Waals surface area contributed by atoms with Gasteiger partial charge < -0.3 is 10.1 Å². The van der Waals surface area contributed by atoms with E-state index in [1.165, 1.54) is 6.07 Å². The molecule has 1 aromatic heterocycles. The van der Waals surface area contributed by atoms with Crippen LogP contribution >= 0.6 is 0 Å². The van der Waals surface area contributed by atoms with E-state index >= 15 is 0 Å². The molecule has 1 aromatic carbocycles. The van der Waals surface area contributed by atoms with Gasteiger partial charge in [-0.2, -0.15) is 17.6 Å². The predicted octanol–water partition coefficient (Wildman–Crippen LogP) is 3.86. The zero-order valence-electron chi connectivity index (χ0n) is 15.2. The number of ether oxygens (including phenoxy) is 1. The number of piperidine rings is 1. The molecule has 1 fully saturated rings. The lowest BCUT2D eigenvalue weighted by Gasteiger charge is -2.27. The van der Waals surface area contributed by atoms with Gasteiger partial charge in [-0.25, -0.2) is 0 Å². The fourth-order valence-corrected chi connectivity index (χ4v) is 3.41. The average molecular weight is 387 g/mol. The van der Waals surface area contributed by atoms with Crippen molar-refractivity contribution in [2.45, 2.75) is 57.9 Å². The number of carbonyl (C=O) groups is 1. The molecular weight excluding hydrogens is 366 g/mol. The van der Waals surface area contributed by atoms with Crippen LogP contribution in [0.15, 0.2) is 12.1 Å². The van der Waals surface area contributed by atoms with Crippen LogP contribution in [0.3, 0.4) is 0 Å². The van der Waals surface area contributed by atoms with Crippen molar-refractivity contribution >= 4 is 16.7 Å². The van der Waals surface area contributed by atoms with Crippen LogP contribution in [0.5, 0.6) is 5.75 Å². The van der Waals surface area contributed by atoms with Crippen LogP contribution in [0.1, 0.15) is 45.2 Å². The number of carbonyl (C=O) groups excluding carboxylic acids is 1. The molecule has 0 bridgehead atoms. The molecule has 1 aliphatic heterocycles. The van der Waals surface area contributed by atoms with Gasteiger partial charge in [0.05, 0.1) is 16.5 Å². The van der Waals surface area contributed by atoms with E-state index in [1.807, 2.05) is 6.92 Å². The Hall–Kier alpha value is -2.16. The van der Waals surface area contributed by atoms with Gasteiger partial charge in [0.2, 0.25) is 5.95 Å². The number of alkyl halides is 3. The number of Topliss-reactive ketones (excluding diaryl/α,β-unsaturated/α-hetero) is 1. The molecule has 2 atom stereocenters. The maximum atomic E-state index is 14.2. The van der Waals surface area contributed by atoms with Crippen molar-refractivity contribution in [2.24, 2.45) is 0 Å². The first-order chi connectivity index (χ1) is 12.6. The number of nitrogens with one attached hydrogen (secondary N) is 1. The number of benzene rings is 1. The third-order valence-electron chi connectivity index (χ3n) is 4.50. The molecule has 5 nitrogen and oxygen atoms in total. The Labute approximate surface area is 153 Å². The first-order valence-electron chi connectivity index (χ1n) is 8.75. The molecule has 1 N–H and O–H groups in total. The second kappa shape index (κ2) is 7.10. The van der Waals surface area contributed by atoms with Gasteiger partial charge in [-0.05, 0) is 32.9 Å². The molecule has 27 heavy (non-hydrogen) atoms. The van der Waals surface area contributed by atoms with Crippen molar-refractivity contribution in [1.82, 2.24) is 15.1 Å². The predicted molar refractivity (Wildman–Crippen MR) is 91.2 cm³/mol. The summed E-state index contributed by atoms with van der Waals surface area (Å²) in [6.07, 6.45) is -4.02. The molecule has 0 saturated carbocycles. The molecule has 148 valence electrons. The third-order valence-corrected chi connectivity index (χ3v) is 4.50. The van der Waals surface area contributed by atoms with Crippen molar-refractivity contribution in [3.63, 3.8) is 0 Å². The first kappa shape index (κ1) is 19.6. The summed E-state index contributed by atoms with van der Waals surface area (Å²) in [5, 5.41) is 6.54. The highest BCUT2D eigenvalue weighted by Gasteiger charge is 2.36. The number of aromatic nitrogens is 2. The number of ketones is 1. The minimum Gasteiger partial charge on any atom is -0.492 e. The monoisotopic (exact) mass is 387 g/mol. The van der Waals surface area contributed by atoms with E-state index in [1.54, 1.807) is 13.8 Å². The fraction of sp³-hybridized carbons (Fsp3) is 0.556. The Morgan fingerprint density at radius 1 is 1.33 bits per heavy atom. The van der Waals surface area contributed by atoms with E-state index in [0.29, 0.717) is 6.42 Å². The summed E-state index contributed by atoms with van der Waals surface area (Å²) in [5.41, 5.74) is -1.30. The van der Waals surface area contributed by atoms with Gasteiger partial charge in [0, 0.05) is 31.0 Å². The Morgan fingerprint density at radius 2 is 2.04 bits per heavy atom. The number of nitrogens with zero attached hydrogens (tertiary/aromatic N) is 2. The molecule has 1 saturated heterocycles. The summed E-state index contributed by atoms with van der Waals surface area (Å²) < 4.78 is 61.4. The van der Waals surface area contributed by atoms with Crippen molar-refractivity contribution in [1.29, 1.82) is 0 Å². The third kappa shape index (κ3) is 4.07. The van der Waals surface area contributed by atoms with Crippen LogP contribution in [0.2, 0.25) is 0 Å². The van der Waals surface area contributed by atoms with Crippen LogP contribution in [-0.4, -0.2) is 34.3 Å². The van der Waals surface area contributed by atoms with E-state index in [2.05, 4.69) is 10.4 Å². The molecule has 0 radical (unpaired) electrons. The van der Waals surface area contributed by atoms with E-state index in [-0.39, 0.29) is 47.5 Å². The van der Waals surface area contributed by atoms with Crippen molar-refractivity contribution in [2.75, 3.05) is 6.61 Å². The average Bonchev–Trinajstić information content (AvgIpc) is 2.88. The lowest BCUT2D eigenvalue weighted by Crippen LogP contribution is -2.47. The molecule has 2 heterocycles. The Kier molecular flexibility index (Phi) is 5.16. The van der Waals surface area contributed by atoms with Gasteiger partial charge in [-0.1, -0.05) is 0 Å². The zero-order chi connectivity index (χ0) is 19.9. The summed E-state index contributed by atoms with van der Waals surface area (Å²) >= 11 is 0. The second-order valence-corrected chi connectivity index (χ2v) is 7.22. The summed E-state index contributed by atoms with van der Waals surface area (Å²) in [5.74, 6) is -1.01. The van der Waals surface area contributed by atoms with Gasteiger partial charge in [-0.15, -0.1) is 5.10 Å². The smallest absolute Gasteiger partial charge is 0.418 e. The van der Waals surface area contributed by atoms with E-state index in [0.717, 1.165) is 10.7 Å². The quantitative estimate of drug-likeness (QED) is 0.810. The zero-order valence-corrected chi connectivity index (χ0v) is 15.2. The maximum absolute atomic E-state index is 14.2. The fourth-order valence-electron chi connectivity index (χ4n) is 3.41. The highest BCUT2D eigenvalue weighted by atomic mass is 19.4. The van der Waals surface area contributed by atoms with Gasteiger partial charge in [0.25, 0.3) is 0 Å². The number of halogens is 4. The summed E-state index contributed by atoms with van der Waals surface area (Å²) in [6, 6.07) is 1.32. The van der Waals surface area contributed by atoms with E-state index in [4.69, 9.17) is 4.74 Å². The maximum Gasteiger partial charge on any atom is 0.418 e. The lowest BCUT2D eigenvalue weighted by atomic mass is 9.99. The standard InChI is InChI=1S/C18H21F4N3O2/c1-9(2)25-16-14(17(19)24-25)6-13(7-15(16)18(20,21)22)27-8-11-5-12(26)4-10(3)23-11/h6-7,9-11,23H,4-5,8H2,1-3H3/t10-,11-/m0/s1. The van der Waals surface area contributed by atoms with Gasteiger partial charge >= 0.3 is 6.18 Å². The number of hydrogen-bond acceptors (Lipinski definition) is 4. The first-order valence-corrected chi connectivity index (χ1v) is 8.75. The molecule has 3 rings (SSSR count). The van der Waals surface area contributed by atoms with Crippen molar-refractivity contribution in [3.8, 4) is 5.75 Å². The van der Waals surface area contributed by atoms with Gasteiger partial charge in [0.1, 0.15) is 18.1 Å². The Bertz CT molecular complexity index is 860. The molecule has 0 unspecified atom stereocenters. The molecule has 0 amide bonds. The molecule has 9 heteroatoms. The van der Waals surface area contributed by atoms with Crippen LogP contribution in [0.25, 0.3) is 10.9 Å². The molecular formula is C18H21F4N3O2. The number of fused-ring (bicyclic) bond motifs is 1. The number of hydrogen-bond donors (Lipinski definition) is 1. The summed E-state index contributed by atoms with van der Waals surface area (Å²) in [4.78, 5) is 11.7. The minimum absolute atomic E-state index is 0.0127. The molecule has 0 spiro atoms. The van der Waals surface area contributed by atoms with Crippen LogP contribution < -0.4 is 10.1 Å². The van der Waals surface area contributed by atoms with E-state index in [9.17, 15) is 22.4 Å². The highest BCUT2D eigenvalue weighted by Crippen LogP contribution is 2.39. The van der Waals surface area contributed by atoms with Gasteiger partial charge in [0.15, 0.2) is 0 Å². The van der Waals surface area contributed by atoms with Crippen LogP contribution in [-0.2, 0) is 11.0 Å². The van der Waals surface area contributed by atoms with Crippen molar-refractivity contribution in [3.05, 3.63) is 23.6 Å². The largest absolute Gasteiger partial charge is 0.492 e. The lowest BCUT2D eigenvalue weighted by molar-refractivity contribution is -0.136. The molecule has 0 aliphatic carbocycles. The Balaban J connectivity index is 1.95. The highest BCUT2D eigenvalue weighted by molar-refractivity contribution is 5.85. The Morgan fingerprint density at radius 3 is 2.63 bits per heavy atom. The van der Waals surface area contributed by atoms with Gasteiger partial charge in [-0.3, -0.25) is 9.48 Å². The second-order valence-electron chi connectivity index (χ2n) is 7.22. The summed E-state index contributed by atoms with van der Waals surface area (Å²) in [7, 11) is 0. The van der Waals surface area contributed by atoms with Crippen molar-refractivity contribution < 1.29 is 27.1 Å². The van der Waals surface area contributed by atoms with E-state index < -0.39 is 23.7 Å². The SMILES string of the molecule is CC(C)n1nc(F)c2cc(OC[C@@H]3CC(=O)C[C@H](C)N3)cc(C(F)(F)F)c21. The number of rotatable bonds is 4. The summed E-state index contributed by atoms with van der Waals surface area (Å²) in [6.45, 7) is 5.12.